The fourth-order valence-corrected chi connectivity index (χ4v) is 7.12. The number of methoxy groups -OCH3 is 1. The van der Waals surface area contributed by atoms with Crippen molar-refractivity contribution >= 4 is 0 Å². The predicted octanol–water partition coefficient (Wildman–Crippen LogP) is 3.65. The molecule has 0 aromatic heterocycles. The molecule has 0 saturated carbocycles. The van der Waals surface area contributed by atoms with Gasteiger partial charge < -0.3 is 10.1 Å². The van der Waals surface area contributed by atoms with Crippen molar-refractivity contribution in [2.45, 2.75) is 82.4 Å². The molecule has 3 fully saturated rings. The Hall–Kier alpha value is -0.750. The Morgan fingerprint density at radius 1 is 1.17 bits per heavy atom. The predicted molar refractivity (Wildman–Crippen MR) is 119 cm³/mol. The van der Waals surface area contributed by atoms with Crippen LogP contribution in [0.5, 0.6) is 0 Å². The fourth-order valence-electron chi connectivity index (χ4n) is 7.12. The van der Waals surface area contributed by atoms with Gasteiger partial charge in [0, 0.05) is 32.3 Å². The first kappa shape index (κ1) is 21.1. The van der Waals surface area contributed by atoms with Gasteiger partial charge in [-0.05, 0) is 80.7 Å². The van der Waals surface area contributed by atoms with Crippen molar-refractivity contribution in [3.8, 4) is 0 Å². The van der Waals surface area contributed by atoms with Crippen LogP contribution in [0, 0.1) is 23.7 Å². The third-order valence-electron chi connectivity index (χ3n) is 8.76. The van der Waals surface area contributed by atoms with E-state index in [0.717, 1.165) is 50.6 Å². The Kier molecular flexibility index (Phi) is 6.34. The minimum absolute atomic E-state index is 0.150. The van der Waals surface area contributed by atoms with Crippen molar-refractivity contribution in [2.75, 3.05) is 26.7 Å². The zero-order chi connectivity index (χ0) is 20.7. The second kappa shape index (κ2) is 9.01. The summed E-state index contributed by atoms with van der Waals surface area (Å²) in [5, 5.41) is 7.68. The number of fused-ring (bicyclic) bond motifs is 1. The van der Waals surface area contributed by atoms with Crippen LogP contribution in [-0.4, -0.2) is 62.2 Å². The molecule has 9 atom stereocenters. The lowest BCUT2D eigenvalue weighted by Crippen LogP contribution is -2.50. The first-order valence-corrected chi connectivity index (χ1v) is 12.4. The quantitative estimate of drug-likeness (QED) is 0.685. The van der Waals surface area contributed by atoms with Crippen LogP contribution in [0.25, 0.3) is 0 Å². The van der Waals surface area contributed by atoms with E-state index in [1.165, 1.54) is 25.8 Å². The van der Waals surface area contributed by atoms with Gasteiger partial charge in [-0.25, -0.2) is 4.39 Å². The molecule has 3 saturated heterocycles. The van der Waals surface area contributed by atoms with E-state index in [9.17, 15) is 4.39 Å². The summed E-state index contributed by atoms with van der Waals surface area (Å²) in [6, 6.07) is 1.19. The van der Waals surface area contributed by atoms with Crippen LogP contribution in [0.1, 0.15) is 51.9 Å². The minimum atomic E-state index is -0.758. The van der Waals surface area contributed by atoms with Gasteiger partial charge >= 0.3 is 0 Å². The number of piperidine rings is 1. The summed E-state index contributed by atoms with van der Waals surface area (Å²) < 4.78 is 19.7. The van der Waals surface area contributed by atoms with E-state index in [1.54, 1.807) is 5.57 Å². The molecule has 5 aliphatic rings. The smallest absolute Gasteiger partial charge is 0.121 e. The van der Waals surface area contributed by atoms with Gasteiger partial charge in [0.1, 0.15) is 6.17 Å². The average Bonchev–Trinajstić information content (AvgIpc) is 3.37. The van der Waals surface area contributed by atoms with Gasteiger partial charge in [0.15, 0.2) is 0 Å². The van der Waals surface area contributed by atoms with Gasteiger partial charge in [0.2, 0.25) is 0 Å². The lowest BCUT2D eigenvalue weighted by atomic mass is 9.70. The molecule has 5 rings (SSSR count). The highest BCUT2D eigenvalue weighted by Crippen LogP contribution is 2.42. The maximum atomic E-state index is 14.0. The normalized spacial score (nSPS) is 47.3. The highest BCUT2D eigenvalue weighted by atomic mass is 19.1. The number of ether oxygens (including phenoxy) is 1. The minimum Gasteiger partial charge on any atom is -0.381 e. The molecule has 168 valence electrons. The second-order valence-corrected chi connectivity index (χ2v) is 10.6. The molecule has 2 aliphatic carbocycles. The Morgan fingerprint density at radius 3 is 2.90 bits per heavy atom. The lowest BCUT2D eigenvalue weighted by molar-refractivity contribution is 0.0863. The molecule has 0 aromatic rings. The fraction of sp³-hybridized carbons (Fsp3) is 0.840. The van der Waals surface area contributed by atoms with Crippen molar-refractivity contribution < 1.29 is 9.13 Å². The van der Waals surface area contributed by atoms with E-state index in [-0.39, 0.29) is 5.92 Å². The van der Waals surface area contributed by atoms with Gasteiger partial charge in [0.05, 0.1) is 12.3 Å². The van der Waals surface area contributed by atoms with Gasteiger partial charge in [-0.1, -0.05) is 25.2 Å². The zero-order valence-electron chi connectivity index (χ0n) is 18.7. The van der Waals surface area contributed by atoms with Crippen LogP contribution >= 0.6 is 0 Å². The first-order chi connectivity index (χ1) is 14.6. The van der Waals surface area contributed by atoms with Crippen LogP contribution in [-0.2, 0) is 4.74 Å². The standard InChI is InChI=1S/C25H40FN3O/c1-16-11-17(8-9-23(16)26)24-22(7-4-10-27-24)19-12-20-14-28-25(29(20)15-19)18-5-3-6-21(13-18)30-2/h5,8-9,16-17,19-25,27-28H,3-4,6-7,10-15H2,1-2H3. The van der Waals surface area contributed by atoms with Gasteiger partial charge in [0.25, 0.3) is 0 Å². The highest BCUT2D eigenvalue weighted by Gasteiger charge is 2.47. The van der Waals surface area contributed by atoms with Gasteiger partial charge in [-0.15, -0.1) is 0 Å². The second-order valence-electron chi connectivity index (χ2n) is 10.6. The zero-order valence-corrected chi connectivity index (χ0v) is 18.7. The summed E-state index contributed by atoms with van der Waals surface area (Å²) in [5.41, 5.74) is 1.55. The first-order valence-electron chi connectivity index (χ1n) is 12.4. The van der Waals surface area contributed by atoms with Crippen molar-refractivity contribution in [3.05, 3.63) is 23.8 Å². The Labute approximate surface area is 181 Å². The largest absolute Gasteiger partial charge is 0.381 e. The molecular weight excluding hydrogens is 377 g/mol. The van der Waals surface area contributed by atoms with Crippen LogP contribution in [0.2, 0.25) is 0 Å². The molecule has 0 bridgehead atoms. The highest BCUT2D eigenvalue weighted by molar-refractivity contribution is 5.19. The molecule has 9 unspecified atom stereocenters. The molecule has 3 heterocycles. The number of rotatable bonds is 4. The number of allylic oxidation sites excluding steroid dienone is 2. The van der Waals surface area contributed by atoms with Gasteiger partial charge in [-0.2, -0.15) is 0 Å². The van der Waals surface area contributed by atoms with Crippen LogP contribution < -0.4 is 10.6 Å². The van der Waals surface area contributed by atoms with Crippen molar-refractivity contribution in [3.63, 3.8) is 0 Å². The summed E-state index contributed by atoms with van der Waals surface area (Å²) in [7, 11) is 1.85. The molecule has 0 spiro atoms. The van der Waals surface area contributed by atoms with Gasteiger partial charge in [-0.3, -0.25) is 10.2 Å². The number of nitrogens with one attached hydrogen (secondary N) is 2. The summed E-state index contributed by atoms with van der Waals surface area (Å²) >= 11 is 0. The third-order valence-corrected chi connectivity index (χ3v) is 8.76. The number of halogens is 1. The summed E-state index contributed by atoms with van der Waals surface area (Å²) in [6.07, 6.45) is 14.8. The topological polar surface area (TPSA) is 36.5 Å². The van der Waals surface area contributed by atoms with E-state index >= 15 is 0 Å². The van der Waals surface area contributed by atoms with Crippen molar-refractivity contribution in [1.29, 1.82) is 0 Å². The van der Waals surface area contributed by atoms with E-state index in [1.807, 2.05) is 13.2 Å². The van der Waals surface area contributed by atoms with Crippen LogP contribution in [0.3, 0.4) is 0 Å². The third kappa shape index (κ3) is 4.03. The molecule has 2 N–H and O–H groups in total. The summed E-state index contributed by atoms with van der Waals surface area (Å²) in [5.74, 6) is 2.11. The number of alkyl halides is 1. The molecule has 3 aliphatic heterocycles. The van der Waals surface area contributed by atoms with E-state index in [2.05, 4.69) is 34.6 Å². The lowest BCUT2D eigenvalue weighted by Gasteiger charge is -2.42. The van der Waals surface area contributed by atoms with E-state index in [4.69, 9.17) is 4.74 Å². The molecule has 4 nitrogen and oxygen atoms in total. The molecule has 0 radical (unpaired) electrons. The molecule has 5 heteroatoms. The Morgan fingerprint density at radius 2 is 2.07 bits per heavy atom. The maximum Gasteiger partial charge on any atom is 0.121 e. The SMILES string of the molecule is COC1CCC=C(C2NCC3CC(C4CCCNC4C4C=CC(F)C(C)C4)CN32)C1. The number of nitrogens with zero attached hydrogens (tertiary/aromatic N) is 1. The van der Waals surface area contributed by atoms with Crippen LogP contribution in [0.15, 0.2) is 23.8 Å². The molecular formula is C25H40FN3O. The maximum absolute atomic E-state index is 14.0. The van der Waals surface area contributed by atoms with Crippen molar-refractivity contribution in [2.24, 2.45) is 23.7 Å². The number of hydrogen-bond donors (Lipinski definition) is 2. The monoisotopic (exact) mass is 417 g/mol. The Balaban J connectivity index is 1.27. The summed E-state index contributed by atoms with van der Waals surface area (Å²) in [6.45, 7) is 5.52. The van der Waals surface area contributed by atoms with E-state index < -0.39 is 6.17 Å². The average molecular weight is 418 g/mol. The molecule has 0 aromatic carbocycles. The Bertz CT molecular complexity index is 667. The van der Waals surface area contributed by atoms with Crippen molar-refractivity contribution in [1.82, 2.24) is 15.5 Å². The number of hydrogen-bond acceptors (Lipinski definition) is 4. The van der Waals surface area contributed by atoms with Crippen LogP contribution in [0.4, 0.5) is 4.39 Å². The van der Waals surface area contributed by atoms with E-state index in [0.29, 0.717) is 30.3 Å². The molecule has 30 heavy (non-hydrogen) atoms. The summed E-state index contributed by atoms with van der Waals surface area (Å²) in [4.78, 5) is 2.76. The molecule has 0 amide bonds.